The minimum absolute atomic E-state index is 0.103. The van der Waals surface area contributed by atoms with Crippen LogP contribution < -0.4 is 0 Å². The Morgan fingerprint density at radius 1 is 1.43 bits per heavy atom. The molecule has 0 unspecified atom stereocenters. The highest BCUT2D eigenvalue weighted by Crippen LogP contribution is 2.29. The van der Waals surface area contributed by atoms with Crippen LogP contribution in [0.25, 0.3) is 0 Å². The van der Waals surface area contributed by atoms with Crippen molar-refractivity contribution in [2.75, 3.05) is 0 Å². The number of nitrogens with zero attached hydrogens (tertiary/aromatic N) is 1. The Hall–Kier alpha value is -0.920. The summed E-state index contributed by atoms with van der Waals surface area (Å²) in [6.07, 6.45) is 4.77. The summed E-state index contributed by atoms with van der Waals surface area (Å²) in [5.41, 5.74) is 0.627. The molecule has 0 radical (unpaired) electrons. The second-order valence-corrected chi connectivity index (χ2v) is 4.33. The fourth-order valence-electron chi connectivity index (χ4n) is 1.64. The van der Waals surface area contributed by atoms with Gasteiger partial charge >= 0.3 is 0 Å². The van der Waals surface area contributed by atoms with Crippen molar-refractivity contribution in [1.82, 2.24) is 4.98 Å². The summed E-state index contributed by atoms with van der Waals surface area (Å²) in [4.78, 5) is 3.69. The first-order valence-corrected chi connectivity index (χ1v) is 5.19. The van der Waals surface area contributed by atoms with Crippen molar-refractivity contribution >= 4 is 0 Å². The molecule has 0 aliphatic rings. The normalized spacial score (nSPS) is 11.7. The topological polar surface area (TPSA) is 12.9 Å². The van der Waals surface area contributed by atoms with Crippen LogP contribution in [0.1, 0.15) is 45.6 Å². The summed E-state index contributed by atoms with van der Waals surface area (Å²) in [6, 6.07) is 3.63. The SMILES string of the molecule is CCCCC(C)(C)c1cccnc1F. The van der Waals surface area contributed by atoms with Crippen LogP contribution in [0.2, 0.25) is 0 Å². The fraction of sp³-hybridized carbons (Fsp3) is 0.583. The fourth-order valence-corrected chi connectivity index (χ4v) is 1.64. The van der Waals surface area contributed by atoms with Crippen LogP contribution in [0, 0.1) is 5.95 Å². The first-order chi connectivity index (χ1) is 6.58. The molecule has 0 aromatic carbocycles. The zero-order chi connectivity index (χ0) is 10.6. The zero-order valence-corrected chi connectivity index (χ0v) is 9.18. The molecule has 0 bridgehead atoms. The van der Waals surface area contributed by atoms with E-state index in [0.717, 1.165) is 24.8 Å². The lowest BCUT2D eigenvalue weighted by atomic mass is 9.81. The zero-order valence-electron chi connectivity index (χ0n) is 9.18. The van der Waals surface area contributed by atoms with Gasteiger partial charge in [0.15, 0.2) is 0 Å². The summed E-state index contributed by atoms with van der Waals surface area (Å²) in [5.74, 6) is -0.325. The lowest BCUT2D eigenvalue weighted by molar-refractivity contribution is 0.424. The lowest BCUT2D eigenvalue weighted by Crippen LogP contribution is -2.19. The third-order valence-corrected chi connectivity index (χ3v) is 2.64. The molecule has 14 heavy (non-hydrogen) atoms. The van der Waals surface area contributed by atoms with Crippen LogP contribution in [-0.4, -0.2) is 4.98 Å². The standard InChI is InChI=1S/C12H18FN/c1-4-5-8-12(2,3)10-7-6-9-14-11(10)13/h6-7,9H,4-5,8H2,1-3H3. The van der Waals surface area contributed by atoms with Gasteiger partial charge in [-0.2, -0.15) is 4.39 Å². The highest BCUT2D eigenvalue weighted by Gasteiger charge is 2.23. The number of halogens is 1. The number of pyridine rings is 1. The average molecular weight is 195 g/mol. The van der Waals surface area contributed by atoms with Crippen LogP contribution in [0.15, 0.2) is 18.3 Å². The quantitative estimate of drug-likeness (QED) is 0.668. The van der Waals surface area contributed by atoms with E-state index in [0.29, 0.717) is 0 Å². The molecule has 1 aromatic heterocycles. The van der Waals surface area contributed by atoms with Crippen molar-refractivity contribution < 1.29 is 4.39 Å². The van der Waals surface area contributed by atoms with E-state index in [1.54, 1.807) is 6.07 Å². The van der Waals surface area contributed by atoms with Gasteiger partial charge in [0.1, 0.15) is 0 Å². The van der Waals surface area contributed by atoms with Crippen molar-refractivity contribution in [3.63, 3.8) is 0 Å². The van der Waals surface area contributed by atoms with E-state index >= 15 is 0 Å². The van der Waals surface area contributed by atoms with Gasteiger partial charge in [-0.25, -0.2) is 4.98 Å². The molecule has 2 heteroatoms. The average Bonchev–Trinajstić information content (AvgIpc) is 2.15. The number of aromatic nitrogens is 1. The maximum Gasteiger partial charge on any atom is 0.216 e. The Labute approximate surface area is 85.4 Å². The molecule has 1 nitrogen and oxygen atoms in total. The van der Waals surface area contributed by atoms with E-state index in [9.17, 15) is 4.39 Å². The molecule has 1 aromatic rings. The van der Waals surface area contributed by atoms with Crippen LogP contribution in [0.5, 0.6) is 0 Å². The molecule has 0 aliphatic carbocycles. The molecule has 78 valence electrons. The van der Waals surface area contributed by atoms with E-state index in [1.807, 2.05) is 6.07 Å². The molecule has 0 N–H and O–H groups in total. The molecule has 0 aliphatic heterocycles. The number of rotatable bonds is 4. The molecular weight excluding hydrogens is 177 g/mol. The predicted molar refractivity (Wildman–Crippen MR) is 56.7 cm³/mol. The molecule has 0 fully saturated rings. The smallest absolute Gasteiger partial charge is 0.216 e. The molecular formula is C12H18FN. The Kier molecular flexibility index (Phi) is 3.62. The van der Waals surface area contributed by atoms with Gasteiger partial charge in [0.25, 0.3) is 0 Å². The van der Waals surface area contributed by atoms with Gasteiger partial charge in [-0.05, 0) is 17.9 Å². The second kappa shape index (κ2) is 4.54. The maximum atomic E-state index is 13.4. The molecule has 0 amide bonds. The summed E-state index contributed by atoms with van der Waals surface area (Å²) in [7, 11) is 0. The maximum absolute atomic E-state index is 13.4. The molecule has 0 spiro atoms. The van der Waals surface area contributed by atoms with E-state index in [2.05, 4.69) is 25.8 Å². The predicted octanol–water partition coefficient (Wildman–Crippen LogP) is 3.69. The van der Waals surface area contributed by atoms with Crippen LogP contribution >= 0.6 is 0 Å². The molecule has 0 saturated heterocycles. The van der Waals surface area contributed by atoms with Crippen molar-refractivity contribution in [3.05, 3.63) is 29.8 Å². The summed E-state index contributed by atoms with van der Waals surface area (Å²) in [5, 5.41) is 0. The third-order valence-electron chi connectivity index (χ3n) is 2.64. The first-order valence-electron chi connectivity index (χ1n) is 5.19. The minimum atomic E-state index is -0.325. The summed E-state index contributed by atoms with van der Waals surface area (Å²) >= 11 is 0. The molecule has 1 rings (SSSR count). The summed E-state index contributed by atoms with van der Waals surface area (Å²) in [6.45, 7) is 6.29. The highest BCUT2D eigenvalue weighted by atomic mass is 19.1. The van der Waals surface area contributed by atoms with Crippen molar-refractivity contribution in [2.45, 2.75) is 45.4 Å². The Morgan fingerprint density at radius 2 is 2.14 bits per heavy atom. The summed E-state index contributed by atoms with van der Waals surface area (Å²) < 4.78 is 13.4. The molecule has 0 atom stereocenters. The van der Waals surface area contributed by atoms with Gasteiger partial charge in [0.2, 0.25) is 5.95 Å². The van der Waals surface area contributed by atoms with E-state index in [-0.39, 0.29) is 11.4 Å². The Balaban J connectivity index is 2.86. The van der Waals surface area contributed by atoms with Gasteiger partial charge in [0, 0.05) is 11.8 Å². The van der Waals surface area contributed by atoms with E-state index in [1.165, 1.54) is 6.20 Å². The second-order valence-electron chi connectivity index (χ2n) is 4.33. The number of hydrogen-bond acceptors (Lipinski definition) is 1. The van der Waals surface area contributed by atoms with Gasteiger partial charge in [-0.15, -0.1) is 0 Å². The monoisotopic (exact) mass is 195 g/mol. The molecule has 0 saturated carbocycles. The van der Waals surface area contributed by atoms with Gasteiger partial charge < -0.3 is 0 Å². The van der Waals surface area contributed by atoms with Crippen LogP contribution in [0.3, 0.4) is 0 Å². The van der Waals surface area contributed by atoms with Crippen molar-refractivity contribution in [1.29, 1.82) is 0 Å². The first kappa shape index (κ1) is 11.2. The van der Waals surface area contributed by atoms with Crippen molar-refractivity contribution in [2.24, 2.45) is 0 Å². The Morgan fingerprint density at radius 3 is 2.71 bits per heavy atom. The van der Waals surface area contributed by atoms with Crippen molar-refractivity contribution in [3.8, 4) is 0 Å². The van der Waals surface area contributed by atoms with E-state index < -0.39 is 0 Å². The van der Waals surface area contributed by atoms with Gasteiger partial charge in [-0.1, -0.05) is 39.7 Å². The Bertz CT molecular complexity index is 294. The third kappa shape index (κ3) is 2.53. The van der Waals surface area contributed by atoms with Gasteiger partial charge in [0.05, 0.1) is 0 Å². The van der Waals surface area contributed by atoms with E-state index in [4.69, 9.17) is 0 Å². The largest absolute Gasteiger partial charge is 0.228 e. The van der Waals surface area contributed by atoms with Crippen LogP contribution in [-0.2, 0) is 5.41 Å². The van der Waals surface area contributed by atoms with Gasteiger partial charge in [-0.3, -0.25) is 0 Å². The minimum Gasteiger partial charge on any atom is -0.228 e. The van der Waals surface area contributed by atoms with Crippen LogP contribution in [0.4, 0.5) is 4.39 Å². The number of unbranched alkanes of at least 4 members (excludes halogenated alkanes) is 1. The highest BCUT2D eigenvalue weighted by molar-refractivity contribution is 5.20. The lowest BCUT2D eigenvalue weighted by Gasteiger charge is -2.24. The molecule has 1 heterocycles. The number of hydrogen-bond donors (Lipinski definition) is 0.